The molecule has 0 N–H and O–H groups in total. The quantitative estimate of drug-likeness (QED) is 0.579. The molecule has 11 heavy (non-hydrogen) atoms. The molecule has 0 amide bonds. The lowest BCUT2D eigenvalue weighted by Crippen LogP contribution is -1.97. The molecule has 0 bridgehead atoms. The van der Waals surface area contributed by atoms with Crippen molar-refractivity contribution in [2.24, 2.45) is 17.3 Å². The third-order valence-electron chi connectivity index (χ3n) is 4.01. The van der Waals surface area contributed by atoms with Gasteiger partial charge in [0.25, 0.3) is 0 Å². The van der Waals surface area contributed by atoms with Gasteiger partial charge in [-0.1, -0.05) is 33.1 Å². The molecule has 2 rings (SSSR count). The summed E-state index contributed by atoms with van der Waals surface area (Å²) in [6.07, 6.45) is 9.02. The average molecular weight is 152 g/mol. The van der Waals surface area contributed by atoms with Crippen LogP contribution in [0.3, 0.4) is 0 Å². The highest BCUT2D eigenvalue weighted by Crippen LogP contribution is 2.66. The fraction of sp³-hybridized carbons (Fsp3) is 1.00. The van der Waals surface area contributed by atoms with E-state index in [1.54, 1.807) is 12.8 Å². The van der Waals surface area contributed by atoms with Gasteiger partial charge < -0.3 is 0 Å². The van der Waals surface area contributed by atoms with E-state index in [9.17, 15) is 0 Å². The van der Waals surface area contributed by atoms with E-state index >= 15 is 0 Å². The van der Waals surface area contributed by atoms with E-state index in [2.05, 4.69) is 13.8 Å². The highest BCUT2D eigenvalue weighted by Gasteiger charge is 2.57. The van der Waals surface area contributed by atoms with E-state index in [1.165, 1.54) is 25.7 Å². The number of rotatable bonds is 3. The van der Waals surface area contributed by atoms with Gasteiger partial charge in [0.1, 0.15) is 0 Å². The zero-order chi connectivity index (χ0) is 7.90. The van der Waals surface area contributed by atoms with E-state index in [1.807, 2.05) is 0 Å². The summed E-state index contributed by atoms with van der Waals surface area (Å²) in [4.78, 5) is 0. The molecule has 3 unspecified atom stereocenters. The minimum absolute atomic E-state index is 0.832. The Morgan fingerprint density at radius 3 is 2.73 bits per heavy atom. The van der Waals surface area contributed by atoms with Gasteiger partial charge in [-0.05, 0) is 36.5 Å². The van der Waals surface area contributed by atoms with Crippen LogP contribution in [0.4, 0.5) is 0 Å². The number of hydrogen-bond donors (Lipinski definition) is 0. The van der Waals surface area contributed by atoms with Crippen molar-refractivity contribution >= 4 is 0 Å². The van der Waals surface area contributed by atoms with Crippen LogP contribution in [0.1, 0.15) is 52.4 Å². The first-order valence-electron chi connectivity index (χ1n) is 5.26. The number of hydrogen-bond acceptors (Lipinski definition) is 0. The lowest BCUT2D eigenvalue weighted by Gasteiger charge is -2.09. The Labute approximate surface area is 70.4 Å². The molecule has 0 radical (unpaired) electrons. The lowest BCUT2D eigenvalue weighted by atomic mass is 9.97. The zero-order valence-corrected chi connectivity index (χ0v) is 7.90. The first-order chi connectivity index (χ1) is 5.26. The van der Waals surface area contributed by atoms with E-state index < -0.39 is 0 Å². The molecule has 0 spiro atoms. The van der Waals surface area contributed by atoms with Crippen molar-refractivity contribution in [2.45, 2.75) is 52.4 Å². The molecule has 0 heteroatoms. The van der Waals surface area contributed by atoms with Gasteiger partial charge in [-0.15, -0.1) is 0 Å². The van der Waals surface area contributed by atoms with Crippen LogP contribution in [0, 0.1) is 17.3 Å². The van der Waals surface area contributed by atoms with Gasteiger partial charge in [-0.2, -0.15) is 0 Å². The molecule has 2 aliphatic carbocycles. The fourth-order valence-electron chi connectivity index (χ4n) is 2.99. The highest BCUT2D eigenvalue weighted by molar-refractivity contribution is 5.07. The monoisotopic (exact) mass is 152 g/mol. The topological polar surface area (TPSA) is 0 Å². The summed E-state index contributed by atoms with van der Waals surface area (Å²) in [5.41, 5.74) is 0.832. The molecule has 3 atom stereocenters. The summed E-state index contributed by atoms with van der Waals surface area (Å²) in [6, 6.07) is 0. The number of fused-ring (bicyclic) bond motifs is 1. The van der Waals surface area contributed by atoms with Gasteiger partial charge in [0, 0.05) is 0 Å². The summed E-state index contributed by atoms with van der Waals surface area (Å²) in [5.74, 6) is 2.27. The van der Waals surface area contributed by atoms with Crippen LogP contribution in [-0.2, 0) is 0 Å². The minimum Gasteiger partial charge on any atom is -0.0654 e. The van der Waals surface area contributed by atoms with E-state index in [4.69, 9.17) is 0 Å². The summed E-state index contributed by atoms with van der Waals surface area (Å²) in [7, 11) is 0. The molecule has 0 heterocycles. The van der Waals surface area contributed by atoms with Crippen molar-refractivity contribution < 1.29 is 0 Å². The predicted molar refractivity (Wildman–Crippen MR) is 48.5 cm³/mol. The van der Waals surface area contributed by atoms with Crippen LogP contribution < -0.4 is 0 Å². The van der Waals surface area contributed by atoms with Crippen LogP contribution in [-0.4, -0.2) is 0 Å². The maximum atomic E-state index is 2.49. The molecule has 0 aromatic carbocycles. The molecule has 0 aliphatic heterocycles. The fourth-order valence-corrected chi connectivity index (χ4v) is 2.99. The maximum absolute atomic E-state index is 2.49. The Morgan fingerprint density at radius 1 is 1.45 bits per heavy atom. The Balaban J connectivity index is 1.80. The Hall–Kier alpha value is 0. The first-order valence-corrected chi connectivity index (χ1v) is 5.26. The van der Waals surface area contributed by atoms with E-state index in [-0.39, 0.29) is 0 Å². The lowest BCUT2D eigenvalue weighted by molar-refractivity contribution is 0.426. The SMILES string of the molecule is CCCCC1CCC2(C)CC12. The van der Waals surface area contributed by atoms with Gasteiger partial charge in [-0.3, -0.25) is 0 Å². The summed E-state index contributed by atoms with van der Waals surface area (Å²) in [6.45, 7) is 4.80. The largest absolute Gasteiger partial charge is 0.0654 e. The predicted octanol–water partition coefficient (Wildman–Crippen LogP) is 3.61. The maximum Gasteiger partial charge on any atom is -0.0292 e. The summed E-state index contributed by atoms with van der Waals surface area (Å²) in [5, 5.41) is 0. The number of unbranched alkanes of at least 4 members (excludes halogenated alkanes) is 1. The zero-order valence-electron chi connectivity index (χ0n) is 7.90. The molecule has 2 aliphatic rings. The smallest absolute Gasteiger partial charge is 0.0292 e. The van der Waals surface area contributed by atoms with Gasteiger partial charge in [0.2, 0.25) is 0 Å². The van der Waals surface area contributed by atoms with Crippen molar-refractivity contribution in [1.29, 1.82) is 0 Å². The Kier molecular flexibility index (Phi) is 1.74. The molecule has 0 nitrogen and oxygen atoms in total. The second kappa shape index (κ2) is 2.50. The third-order valence-corrected chi connectivity index (χ3v) is 4.01. The van der Waals surface area contributed by atoms with Crippen molar-refractivity contribution in [3.05, 3.63) is 0 Å². The van der Waals surface area contributed by atoms with Crippen molar-refractivity contribution in [2.75, 3.05) is 0 Å². The Morgan fingerprint density at radius 2 is 2.27 bits per heavy atom. The average Bonchev–Trinajstić information content (AvgIpc) is 2.56. The summed E-state index contributed by atoms with van der Waals surface area (Å²) >= 11 is 0. The molecule has 0 aromatic rings. The highest BCUT2D eigenvalue weighted by atomic mass is 14.6. The van der Waals surface area contributed by atoms with Crippen LogP contribution in [0.2, 0.25) is 0 Å². The molecule has 0 aromatic heterocycles. The normalized spacial score (nSPS) is 47.5. The van der Waals surface area contributed by atoms with E-state index in [0.29, 0.717) is 0 Å². The standard InChI is InChI=1S/C11H20/c1-3-4-5-9-6-7-11(2)8-10(9)11/h9-10H,3-8H2,1-2H3. The van der Waals surface area contributed by atoms with Gasteiger partial charge in [0.15, 0.2) is 0 Å². The van der Waals surface area contributed by atoms with Gasteiger partial charge in [-0.25, -0.2) is 0 Å². The van der Waals surface area contributed by atoms with E-state index in [0.717, 1.165) is 17.3 Å². The molecular weight excluding hydrogens is 132 g/mol. The van der Waals surface area contributed by atoms with Crippen LogP contribution in [0.5, 0.6) is 0 Å². The second-order valence-electron chi connectivity index (χ2n) is 4.91. The molecule has 64 valence electrons. The van der Waals surface area contributed by atoms with Gasteiger partial charge >= 0.3 is 0 Å². The van der Waals surface area contributed by atoms with Crippen molar-refractivity contribution in [3.8, 4) is 0 Å². The third kappa shape index (κ3) is 1.21. The van der Waals surface area contributed by atoms with Crippen LogP contribution >= 0.6 is 0 Å². The van der Waals surface area contributed by atoms with Crippen molar-refractivity contribution in [3.63, 3.8) is 0 Å². The molecule has 2 saturated carbocycles. The second-order valence-corrected chi connectivity index (χ2v) is 4.91. The molecular formula is C11H20. The summed E-state index contributed by atoms with van der Waals surface area (Å²) < 4.78 is 0. The van der Waals surface area contributed by atoms with Crippen molar-refractivity contribution in [1.82, 2.24) is 0 Å². The molecule has 0 saturated heterocycles. The van der Waals surface area contributed by atoms with Crippen LogP contribution in [0.25, 0.3) is 0 Å². The Bertz CT molecular complexity index is 150. The van der Waals surface area contributed by atoms with Crippen LogP contribution in [0.15, 0.2) is 0 Å². The minimum atomic E-state index is 0.832. The van der Waals surface area contributed by atoms with Gasteiger partial charge in [0.05, 0.1) is 0 Å². The molecule has 2 fully saturated rings. The first kappa shape index (κ1) is 7.64.